The molecule has 0 atom stereocenters. The molecule has 0 unspecified atom stereocenters. The van der Waals surface area contributed by atoms with E-state index in [1.54, 1.807) is 29.9 Å². The number of aromatic nitrogens is 3. The maximum atomic E-state index is 13.0. The van der Waals surface area contributed by atoms with Crippen LogP contribution in [-0.4, -0.2) is 27.4 Å². The average molecular weight is 378 g/mol. The van der Waals surface area contributed by atoms with Gasteiger partial charge in [-0.05, 0) is 35.7 Å². The van der Waals surface area contributed by atoms with Gasteiger partial charge in [-0.25, -0.2) is 4.79 Å². The van der Waals surface area contributed by atoms with Crippen LogP contribution in [0.25, 0.3) is 21.8 Å². The van der Waals surface area contributed by atoms with E-state index in [1.807, 2.05) is 18.3 Å². The summed E-state index contributed by atoms with van der Waals surface area (Å²) in [6.45, 7) is 1.52. The molecule has 0 aliphatic heterocycles. The summed E-state index contributed by atoms with van der Waals surface area (Å²) in [5, 5.41) is 1.59. The Morgan fingerprint density at radius 1 is 0.929 bits per heavy atom. The number of nitrogens with zero attached hydrogens (tertiary/aromatic N) is 3. The van der Waals surface area contributed by atoms with Crippen molar-refractivity contribution in [2.45, 2.75) is 19.6 Å². The lowest BCUT2D eigenvalue weighted by atomic mass is 10.2. The van der Waals surface area contributed by atoms with E-state index in [4.69, 9.17) is 10.5 Å². The van der Waals surface area contributed by atoms with Crippen LogP contribution < -0.4 is 17.0 Å². The molecule has 28 heavy (non-hydrogen) atoms. The van der Waals surface area contributed by atoms with Gasteiger partial charge in [0.1, 0.15) is 0 Å². The molecule has 0 aliphatic rings. The molecule has 2 aromatic carbocycles. The molecule has 0 aliphatic carbocycles. The van der Waals surface area contributed by atoms with Crippen molar-refractivity contribution >= 4 is 27.5 Å². The van der Waals surface area contributed by atoms with E-state index in [0.29, 0.717) is 29.7 Å². The van der Waals surface area contributed by atoms with Crippen LogP contribution >= 0.6 is 0 Å². The number of rotatable bonds is 6. The molecule has 4 aromatic rings. The molecular formula is C21H22N4O3. The summed E-state index contributed by atoms with van der Waals surface area (Å²) in [7, 11) is 1.54. The van der Waals surface area contributed by atoms with Crippen LogP contribution in [-0.2, 0) is 24.4 Å². The minimum atomic E-state index is -0.341. The predicted octanol–water partition coefficient (Wildman–Crippen LogP) is 2.05. The van der Waals surface area contributed by atoms with E-state index in [2.05, 4.69) is 22.8 Å². The summed E-state index contributed by atoms with van der Waals surface area (Å²) >= 11 is 0. The van der Waals surface area contributed by atoms with Gasteiger partial charge in [-0.3, -0.25) is 13.9 Å². The van der Waals surface area contributed by atoms with E-state index >= 15 is 0 Å². The summed E-state index contributed by atoms with van der Waals surface area (Å²) in [5.74, 6) is 0. The molecule has 0 saturated heterocycles. The Morgan fingerprint density at radius 2 is 1.75 bits per heavy atom. The Balaban J connectivity index is 1.81. The standard InChI is InChI=1S/C21H22N4O3/c1-28-13-12-25-20(26)17-14-16(22)6-7-19(17)24(21(25)27)11-10-23-9-8-15-4-2-3-5-18(15)23/h2-9,14H,10-13,22H2,1H3. The Kier molecular flexibility index (Phi) is 4.75. The van der Waals surface area contributed by atoms with Gasteiger partial charge in [0.05, 0.1) is 24.1 Å². The smallest absolute Gasteiger partial charge is 0.331 e. The minimum absolute atomic E-state index is 0.200. The number of para-hydroxylation sites is 1. The van der Waals surface area contributed by atoms with Crippen LogP contribution in [0.15, 0.2) is 64.3 Å². The van der Waals surface area contributed by atoms with Crippen molar-refractivity contribution in [3.8, 4) is 0 Å². The summed E-state index contributed by atoms with van der Waals surface area (Å²) in [4.78, 5) is 25.8. The van der Waals surface area contributed by atoms with E-state index < -0.39 is 0 Å². The lowest BCUT2D eigenvalue weighted by molar-refractivity contribution is 0.184. The van der Waals surface area contributed by atoms with E-state index in [-0.39, 0.29) is 24.4 Å². The monoisotopic (exact) mass is 378 g/mol. The zero-order chi connectivity index (χ0) is 19.7. The highest BCUT2D eigenvalue weighted by Crippen LogP contribution is 2.16. The third kappa shape index (κ3) is 3.10. The molecule has 2 heterocycles. The second-order valence-electron chi connectivity index (χ2n) is 6.73. The maximum Gasteiger partial charge on any atom is 0.331 e. The quantitative estimate of drug-likeness (QED) is 0.521. The fourth-order valence-electron chi connectivity index (χ4n) is 3.58. The van der Waals surface area contributed by atoms with Crippen molar-refractivity contribution in [3.63, 3.8) is 0 Å². The van der Waals surface area contributed by atoms with Crippen molar-refractivity contribution in [3.05, 3.63) is 75.6 Å². The molecule has 7 nitrogen and oxygen atoms in total. The molecule has 144 valence electrons. The van der Waals surface area contributed by atoms with Crippen molar-refractivity contribution in [2.75, 3.05) is 19.5 Å². The number of nitrogen functional groups attached to an aromatic ring is 1. The van der Waals surface area contributed by atoms with Crippen LogP contribution in [0.3, 0.4) is 0 Å². The first-order valence-corrected chi connectivity index (χ1v) is 9.16. The minimum Gasteiger partial charge on any atom is -0.399 e. The number of hydrogen-bond donors (Lipinski definition) is 1. The lowest BCUT2D eigenvalue weighted by Gasteiger charge is -2.15. The largest absolute Gasteiger partial charge is 0.399 e. The molecule has 0 amide bonds. The van der Waals surface area contributed by atoms with Gasteiger partial charge < -0.3 is 15.0 Å². The fourth-order valence-corrected chi connectivity index (χ4v) is 3.58. The van der Waals surface area contributed by atoms with Crippen LogP contribution in [0.2, 0.25) is 0 Å². The third-order valence-corrected chi connectivity index (χ3v) is 5.01. The van der Waals surface area contributed by atoms with E-state index in [0.717, 1.165) is 10.9 Å². The zero-order valence-corrected chi connectivity index (χ0v) is 15.7. The van der Waals surface area contributed by atoms with Crippen LogP contribution in [0.5, 0.6) is 0 Å². The number of aryl methyl sites for hydroxylation is 2. The fraction of sp³-hybridized carbons (Fsp3) is 0.238. The number of hydrogen-bond acceptors (Lipinski definition) is 4. The van der Waals surface area contributed by atoms with Gasteiger partial charge in [0, 0.05) is 37.6 Å². The van der Waals surface area contributed by atoms with Crippen molar-refractivity contribution in [1.82, 2.24) is 13.7 Å². The van der Waals surface area contributed by atoms with Crippen LogP contribution in [0, 0.1) is 0 Å². The summed E-state index contributed by atoms with van der Waals surface area (Å²) in [6, 6.07) is 15.2. The molecule has 0 saturated carbocycles. The van der Waals surface area contributed by atoms with E-state index in [9.17, 15) is 9.59 Å². The lowest BCUT2D eigenvalue weighted by Crippen LogP contribution is -2.41. The van der Waals surface area contributed by atoms with Gasteiger partial charge in [0.15, 0.2) is 0 Å². The second kappa shape index (κ2) is 7.36. The van der Waals surface area contributed by atoms with Crippen molar-refractivity contribution < 1.29 is 4.74 Å². The first-order valence-electron chi connectivity index (χ1n) is 9.16. The van der Waals surface area contributed by atoms with Gasteiger partial charge in [0.25, 0.3) is 5.56 Å². The van der Waals surface area contributed by atoms with Gasteiger partial charge in [-0.1, -0.05) is 18.2 Å². The second-order valence-corrected chi connectivity index (χ2v) is 6.73. The molecule has 2 aromatic heterocycles. The molecule has 2 N–H and O–H groups in total. The Morgan fingerprint density at radius 3 is 2.57 bits per heavy atom. The number of nitrogens with two attached hydrogens (primary N) is 1. The first kappa shape index (κ1) is 18.1. The maximum absolute atomic E-state index is 13.0. The highest BCUT2D eigenvalue weighted by atomic mass is 16.5. The molecule has 0 fully saturated rings. The molecule has 0 spiro atoms. The summed E-state index contributed by atoms with van der Waals surface area (Å²) in [6.07, 6.45) is 2.01. The number of benzene rings is 2. The molecule has 4 rings (SSSR count). The Hall–Kier alpha value is -3.32. The van der Waals surface area contributed by atoms with Crippen LogP contribution in [0.1, 0.15) is 0 Å². The first-order chi connectivity index (χ1) is 13.6. The Labute approximate surface area is 161 Å². The highest BCUT2D eigenvalue weighted by Gasteiger charge is 2.13. The van der Waals surface area contributed by atoms with E-state index in [1.165, 1.54) is 4.57 Å². The van der Waals surface area contributed by atoms with Gasteiger partial charge >= 0.3 is 5.69 Å². The third-order valence-electron chi connectivity index (χ3n) is 5.01. The molecule has 7 heteroatoms. The number of fused-ring (bicyclic) bond motifs is 2. The predicted molar refractivity (Wildman–Crippen MR) is 111 cm³/mol. The normalized spacial score (nSPS) is 11.5. The van der Waals surface area contributed by atoms with Crippen molar-refractivity contribution in [2.24, 2.45) is 0 Å². The highest BCUT2D eigenvalue weighted by molar-refractivity contribution is 5.81. The average Bonchev–Trinajstić information content (AvgIpc) is 3.11. The van der Waals surface area contributed by atoms with Gasteiger partial charge in [-0.15, -0.1) is 0 Å². The Bertz CT molecular complexity index is 1270. The summed E-state index contributed by atoms with van der Waals surface area (Å²) in [5.41, 5.74) is 7.39. The number of methoxy groups -OCH3 is 1. The van der Waals surface area contributed by atoms with Gasteiger partial charge in [0.2, 0.25) is 0 Å². The van der Waals surface area contributed by atoms with Gasteiger partial charge in [-0.2, -0.15) is 0 Å². The SMILES string of the molecule is COCCn1c(=O)c2cc(N)ccc2n(CCn2ccc3ccccc32)c1=O. The summed E-state index contributed by atoms with van der Waals surface area (Å²) < 4.78 is 10.0. The number of ether oxygens (including phenoxy) is 1. The molecule has 0 bridgehead atoms. The molecule has 0 radical (unpaired) electrons. The molecular weight excluding hydrogens is 356 g/mol. The van der Waals surface area contributed by atoms with Crippen LogP contribution in [0.4, 0.5) is 5.69 Å². The zero-order valence-electron chi connectivity index (χ0n) is 15.7. The topological polar surface area (TPSA) is 84.2 Å². The van der Waals surface area contributed by atoms with Crippen molar-refractivity contribution in [1.29, 1.82) is 0 Å². The number of anilines is 1.